The lowest BCUT2D eigenvalue weighted by atomic mass is 10.1. The molecule has 26 heavy (non-hydrogen) atoms. The number of H-pyrrole nitrogens is 1. The van der Waals surface area contributed by atoms with Crippen molar-refractivity contribution in [1.29, 1.82) is 0 Å². The Balaban J connectivity index is 1.56. The van der Waals surface area contributed by atoms with Crippen molar-refractivity contribution < 1.29 is 4.79 Å². The highest BCUT2D eigenvalue weighted by atomic mass is 32.2. The third-order valence-corrected chi connectivity index (χ3v) is 5.77. The maximum Gasteiger partial charge on any atom is 0.232 e. The lowest BCUT2D eigenvalue weighted by molar-refractivity contribution is -0.129. The minimum atomic E-state index is 0.201. The van der Waals surface area contributed by atoms with Crippen molar-refractivity contribution in [3.05, 3.63) is 42.4 Å². The Hall–Kier alpha value is -2.34. The van der Waals surface area contributed by atoms with Crippen molar-refractivity contribution in [3.8, 4) is 11.1 Å². The van der Waals surface area contributed by atoms with Crippen LogP contribution in [0.3, 0.4) is 0 Å². The molecule has 1 saturated heterocycles. The second-order valence-electron chi connectivity index (χ2n) is 6.70. The largest absolute Gasteiger partial charge is 0.357 e. The molecule has 3 heterocycles. The van der Waals surface area contributed by atoms with E-state index in [2.05, 4.69) is 46.1 Å². The monoisotopic (exact) mass is 366 g/mol. The molecule has 0 unspecified atom stereocenters. The van der Waals surface area contributed by atoms with Gasteiger partial charge >= 0.3 is 0 Å². The fraction of sp³-hybridized carbons (Fsp3) is 0.350. The number of aryl methyl sites for hydroxylation is 1. The van der Waals surface area contributed by atoms with Gasteiger partial charge in [-0.1, -0.05) is 41.6 Å². The zero-order valence-electron chi connectivity index (χ0n) is 14.9. The number of carbonyl (C=O) groups excluding carboxylic acids is 1. The predicted octanol–water partition coefficient (Wildman–Crippen LogP) is 4.04. The Morgan fingerprint density at radius 1 is 1.23 bits per heavy atom. The number of thioether (sulfide) groups is 1. The zero-order valence-corrected chi connectivity index (χ0v) is 15.7. The van der Waals surface area contributed by atoms with E-state index in [-0.39, 0.29) is 5.91 Å². The van der Waals surface area contributed by atoms with E-state index < -0.39 is 0 Å². The number of hydrogen-bond donors (Lipinski definition) is 1. The fourth-order valence-electron chi connectivity index (χ4n) is 3.42. The van der Waals surface area contributed by atoms with Crippen LogP contribution in [0, 0.1) is 6.92 Å². The number of carbonyl (C=O) groups is 1. The van der Waals surface area contributed by atoms with Crippen molar-refractivity contribution in [2.24, 2.45) is 0 Å². The number of benzene rings is 1. The Bertz CT molecular complexity index is 930. The smallest absolute Gasteiger partial charge is 0.232 e. The van der Waals surface area contributed by atoms with Crippen LogP contribution in [0.15, 0.2) is 41.8 Å². The van der Waals surface area contributed by atoms with Gasteiger partial charge in [-0.2, -0.15) is 0 Å². The van der Waals surface area contributed by atoms with Gasteiger partial charge < -0.3 is 9.88 Å². The van der Waals surface area contributed by atoms with Gasteiger partial charge in [0.05, 0.1) is 11.3 Å². The summed E-state index contributed by atoms with van der Waals surface area (Å²) in [6, 6.07) is 8.38. The summed E-state index contributed by atoms with van der Waals surface area (Å²) in [5.74, 6) is 0.622. The van der Waals surface area contributed by atoms with Crippen LogP contribution in [-0.4, -0.2) is 44.6 Å². The summed E-state index contributed by atoms with van der Waals surface area (Å²) in [6.45, 7) is 3.86. The molecule has 1 aliphatic heterocycles. The molecule has 1 aromatic carbocycles. The first-order valence-corrected chi connectivity index (χ1v) is 10.0. The minimum Gasteiger partial charge on any atom is -0.357 e. The first-order chi connectivity index (χ1) is 12.7. The van der Waals surface area contributed by atoms with E-state index in [9.17, 15) is 4.79 Å². The van der Waals surface area contributed by atoms with Crippen LogP contribution in [0.2, 0.25) is 0 Å². The molecular weight excluding hydrogens is 344 g/mol. The van der Waals surface area contributed by atoms with Gasteiger partial charge in [-0.3, -0.25) is 4.79 Å². The van der Waals surface area contributed by atoms with Crippen LogP contribution in [0.25, 0.3) is 22.2 Å². The number of aromatic amines is 1. The SMILES string of the molecule is Cc1cccc(-c2c[nH]c3c(SCC(=O)N4CCCCC4)ncnc23)c1. The topological polar surface area (TPSA) is 61.9 Å². The molecule has 1 fully saturated rings. The van der Waals surface area contributed by atoms with Crippen LogP contribution < -0.4 is 0 Å². The molecule has 0 bridgehead atoms. The van der Waals surface area contributed by atoms with Crippen molar-refractivity contribution in [2.75, 3.05) is 18.8 Å². The van der Waals surface area contributed by atoms with E-state index >= 15 is 0 Å². The summed E-state index contributed by atoms with van der Waals surface area (Å²) in [4.78, 5) is 26.6. The fourth-order valence-corrected chi connectivity index (χ4v) is 4.29. The summed E-state index contributed by atoms with van der Waals surface area (Å²) >= 11 is 1.49. The standard InChI is InChI=1S/C20H22N4OS/c1-14-6-5-7-15(10-14)16-11-21-19-18(16)22-13-23-20(19)26-12-17(25)24-8-3-2-4-9-24/h5-7,10-11,13,21H,2-4,8-9,12H2,1H3. The highest BCUT2D eigenvalue weighted by molar-refractivity contribution is 8.00. The number of nitrogens with one attached hydrogen (secondary N) is 1. The van der Waals surface area contributed by atoms with E-state index in [4.69, 9.17) is 0 Å². The number of piperidine rings is 1. The minimum absolute atomic E-state index is 0.201. The van der Waals surface area contributed by atoms with Gasteiger partial charge in [0.2, 0.25) is 5.91 Å². The van der Waals surface area contributed by atoms with E-state index in [1.165, 1.54) is 23.7 Å². The summed E-state index contributed by atoms with van der Waals surface area (Å²) in [5.41, 5.74) is 5.22. The van der Waals surface area contributed by atoms with Crippen LogP contribution in [-0.2, 0) is 4.79 Å². The molecule has 0 radical (unpaired) electrons. The van der Waals surface area contributed by atoms with Crippen LogP contribution in [0.1, 0.15) is 24.8 Å². The highest BCUT2D eigenvalue weighted by Crippen LogP contribution is 2.31. The number of nitrogens with zero attached hydrogens (tertiary/aromatic N) is 3. The normalized spacial score (nSPS) is 14.7. The molecular formula is C20H22N4OS. The third-order valence-electron chi connectivity index (χ3n) is 4.80. The van der Waals surface area contributed by atoms with Gasteiger partial charge in [0.1, 0.15) is 16.9 Å². The molecule has 5 nitrogen and oxygen atoms in total. The van der Waals surface area contributed by atoms with E-state index in [1.54, 1.807) is 6.33 Å². The van der Waals surface area contributed by atoms with Gasteiger partial charge in [0, 0.05) is 24.8 Å². The number of fused-ring (bicyclic) bond motifs is 1. The molecule has 1 amide bonds. The molecule has 3 aromatic rings. The maximum absolute atomic E-state index is 12.4. The Kier molecular flexibility index (Phi) is 4.93. The van der Waals surface area contributed by atoms with Crippen molar-refractivity contribution in [3.63, 3.8) is 0 Å². The van der Waals surface area contributed by atoms with Gasteiger partial charge in [0.15, 0.2) is 0 Å². The van der Waals surface area contributed by atoms with Gasteiger partial charge in [-0.15, -0.1) is 0 Å². The number of hydrogen-bond acceptors (Lipinski definition) is 4. The number of likely N-dealkylation sites (tertiary alicyclic amines) is 1. The van der Waals surface area contributed by atoms with Crippen LogP contribution in [0.4, 0.5) is 0 Å². The number of amides is 1. The maximum atomic E-state index is 12.4. The first kappa shape index (κ1) is 17.1. The second kappa shape index (κ2) is 7.50. The molecule has 134 valence electrons. The van der Waals surface area contributed by atoms with E-state index in [0.29, 0.717) is 5.75 Å². The first-order valence-electron chi connectivity index (χ1n) is 9.02. The molecule has 2 aromatic heterocycles. The number of aromatic nitrogens is 3. The summed E-state index contributed by atoms with van der Waals surface area (Å²) < 4.78 is 0. The highest BCUT2D eigenvalue weighted by Gasteiger charge is 2.18. The molecule has 6 heteroatoms. The summed E-state index contributed by atoms with van der Waals surface area (Å²) in [7, 11) is 0. The zero-order chi connectivity index (χ0) is 17.9. The molecule has 0 aliphatic carbocycles. The molecule has 1 aliphatic rings. The molecule has 1 N–H and O–H groups in total. The second-order valence-corrected chi connectivity index (χ2v) is 7.67. The van der Waals surface area contributed by atoms with E-state index in [1.807, 2.05) is 11.1 Å². The molecule has 0 saturated carbocycles. The van der Waals surface area contributed by atoms with Gasteiger partial charge in [-0.25, -0.2) is 9.97 Å². The Morgan fingerprint density at radius 2 is 2.08 bits per heavy atom. The third kappa shape index (κ3) is 3.46. The van der Waals surface area contributed by atoms with Crippen molar-refractivity contribution in [2.45, 2.75) is 31.2 Å². The Morgan fingerprint density at radius 3 is 2.88 bits per heavy atom. The van der Waals surface area contributed by atoms with Gasteiger partial charge in [-0.05, 0) is 31.7 Å². The molecule has 0 atom stereocenters. The van der Waals surface area contributed by atoms with Crippen LogP contribution >= 0.6 is 11.8 Å². The average Bonchev–Trinajstić information content (AvgIpc) is 3.11. The lowest BCUT2D eigenvalue weighted by Gasteiger charge is -2.26. The number of rotatable bonds is 4. The van der Waals surface area contributed by atoms with Gasteiger partial charge in [0.25, 0.3) is 0 Å². The van der Waals surface area contributed by atoms with Crippen molar-refractivity contribution in [1.82, 2.24) is 19.9 Å². The van der Waals surface area contributed by atoms with Crippen molar-refractivity contribution >= 4 is 28.7 Å². The summed E-state index contributed by atoms with van der Waals surface area (Å²) in [6.07, 6.45) is 7.02. The van der Waals surface area contributed by atoms with Crippen LogP contribution in [0.5, 0.6) is 0 Å². The summed E-state index contributed by atoms with van der Waals surface area (Å²) in [5, 5.41) is 0.833. The molecule has 4 rings (SSSR count). The van der Waals surface area contributed by atoms with E-state index in [0.717, 1.165) is 53.1 Å². The predicted molar refractivity (Wildman–Crippen MR) is 105 cm³/mol. The quantitative estimate of drug-likeness (QED) is 0.559. The average molecular weight is 366 g/mol. The Labute approximate surface area is 157 Å². The lowest BCUT2D eigenvalue weighted by Crippen LogP contribution is -2.36. The molecule has 0 spiro atoms.